The monoisotopic (exact) mass is 584 g/mol. The molecule has 4 heterocycles. The lowest BCUT2D eigenvalue weighted by Crippen LogP contribution is -2.54. The zero-order valence-corrected chi connectivity index (χ0v) is 25.8. The largest absolute Gasteiger partial charge is 0.310 e. The summed E-state index contributed by atoms with van der Waals surface area (Å²) in [7, 11) is 0. The fraction of sp³-hybridized carbons (Fsp3) is 0.0698. The van der Waals surface area contributed by atoms with E-state index in [1.807, 2.05) is 0 Å². The Morgan fingerprint density at radius 2 is 1.07 bits per heavy atom. The van der Waals surface area contributed by atoms with Crippen LogP contribution in [-0.2, 0) is 0 Å². The maximum absolute atomic E-state index is 2.65. The summed E-state index contributed by atoms with van der Waals surface area (Å²) >= 11 is 0. The molecule has 8 aromatic rings. The van der Waals surface area contributed by atoms with Gasteiger partial charge in [0.1, 0.15) is 0 Å². The van der Waals surface area contributed by atoms with E-state index < -0.39 is 0 Å². The number of benzene rings is 6. The van der Waals surface area contributed by atoms with Crippen molar-refractivity contribution in [3.05, 3.63) is 156 Å². The van der Waals surface area contributed by atoms with Crippen LogP contribution in [0.1, 0.15) is 25.0 Å². The Morgan fingerprint density at radius 1 is 0.522 bits per heavy atom. The van der Waals surface area contributed by atoms with Crippen LogP contribution in [-0.4, -0.2) is 15.8 Å². The van der Waals surface area contributed by atoms with Gasteiger partial charge in [-0.1, -0.05) is 135 Å². The van der Waals surface area contributed by atoms with E-state index in [0.29, 0.717) is 0 Å². The number of nitrogens with zero attached hydrogens (tertiary/aromatic N) is 2. The lowest BCUT2D eigenvalue weighted by atomic mass is 9.30. The van der Waals surface area contributed by atoms with E-state index in [0.717, 1.165) is 0 Å². The first-order valence-corrected chi connectivity index (χ1v) is 16.3. The lowest BCUT2D eigenvalue weighted by molar-refractivity contribution is 0.641. The smallest absolute Gasteiger partial charge is 0.248 e. The third kappa shape index (κ3) is 2.78. The Labute approximate surface area is 267 Å². The fourth-order valence-corrected chi connectivity index (χ4v) is 9.48. The van der Waals surface area contributed by atoms with Gasteiger partial charge in [0.05, 0.1) is 22.1 Å². The molecule has 6 aromatic carbocycles. The van der Waals surface area contributed by atoms with Crippen LogP contribution in [0.25, 0.3) is 66.1 Å². The van der Waals surface area contributed by atoms with Crippen LogP contribution in [0, 0.1) is 5.41 Å². The second-order valence-electron chi connectivity index (χ2n) is 13.6. The van der Waals surface area contributed by atoms with E-state index in [-0.39, 0.29) is 12.1 Å². The first-order chi connectivity index (χ1) is 22.6. The molecule has 3 aliphatic rings. The Hall–Kier alpha value is -5.54. The van der Waals surface area contributed by atoms with Gasteiger partial charge in [-0.2, -0.15) is 0 Å². The van der Waals surface area contributed by atoms with Crippen molar-refractivity contribution in [1.29, 1.82) is 0 Å². The molecule has 1 aliphatic carbocycles. The summed E-state index contributed by atoms with van der Waals surface area (Å²) < 4.78 is 5.21. The Balaban J connectivity index is 1.42. The highest BCUT2D eigenvalue weighted by molar-refractivity contribution is 6.97. The van der Waals surface area contributed by atoms with Crippen LogP contribution in [0.15, 0.2) is 145 Å². The van der Waals surface area contributed by atoms with E-state index in [4.69, 9.17) is 0 Å². The van der Waals surface area contributed by atoms with Crippen molar-refractivity contribution in [3.63, 3.8) is 0 Å². The SMILES string of the molecule is CC1(C)C2=C(C(c3ccccc3)=C1c1ccccc1)n1c3ccccc3c3cc4c5ccccc5n5c4c(c31)B2c1ccccc1-5. The van der Waals surface area contributed by atoms with Crippen molar-refractivity contribution in [2.24, 2.45) is 5.41 Å². The van der Waals surface area contributed by atoms with Gasteiger partial charge < -0.3 is 9.13 Å². The zero-order valence-electron chi connectivity index (χ0n) is 25.8. The third-order valence-corrected chi connectivity index (χ3v) is 11.1. The minimum Gasteiger partial charge on any atom is -0.310 e. The zero-order chi connectivity index (χ0) is 30.3. The Kier molecular flexibility index (Phi) is 4.51. The van der Waals surface area contributed by atoms with E-state index in [1.54, 1.807) is 0 Å². The highest BCUT2D eigenvalue weighted by atomic mass is 15.0. The standard InChI is InChI=1S/C43H29BN2/c1-43(2)37(27-17-7-4-8-18-27)36(26-15-5-3-6-16-26)41-42(43)44-32-21-11-14-24-35(32)45-33-22-12-9-19-28(33)30-25-31-29-20-10-13-23-34(29)46(41)40(31)38(44)39(30)45/h3-25H,1-2H3. The van der Waals surface area contributed by atoms with Gasteiger partial charge in [0.25, 0.3) is 0 Å². The normalized spacial score (nSPS) is 16.0. The molecule has 0 atom stereocenters. The van der Waals surface area contributed by atoms with Crippen LogP contribution in [0.2, 0.25) is 0 Å². The predicted octanol–water partition coefficient (Wildman–Crippen LogP) is 9.23. The van der Waals surface area contributed by atoms with E-state index in [2.05, 4.69) is 163 Å². The molecular weight excluding hydrogens is 555 g/mol. The molecule has 0 saturated carbocycles. The second-order valence-corrected chi connectivity index (χ2v) is 13.6. The first-order valence-electron chi connectivity index (χ1n) is 16.3. The van der Waals surface area contributed by atoms with Crippen molar-refractivity contribution >= 4 is 78.1 Å². The number of para-hydroxylation sites is 3. The first kappa shape index (κ1) is 24.7. The van der Waals surface area contributed by atoms with Gasteiger partial charge in [0, 0.05) is 43.9 Å². The van der Waals surface area contributed by atoms with Gasteiger partial charge >= 0.3 is 0 Å². The summed E-state index contributed by atoms with van der Waals surface area (Å²) in [6, 6.07) is 52.0. The topological polar surface area (TPSA) is 9.86 Å². The summed E-state index contributed by atoms with van der Waals surface area (Å²) in [5, 5.41) is 5.33. The number of hydrogen-bond donors (Lipinski definition) is 0. The van der Waals surface area contributed by atoms with Gasteiger partial charge in [-0.3, -0.25) is 0 Å². The molecule has 11 rings (SSSR count). The maximum atomic E-state index is 2.65. The van der Waals surface area contributed by atoms with Gasteiger partial charge in [0.2, 0.25) is 6.71 Å². The van der Waals surface area contributed by atoms with Crippen LogP contribution in [0.4, 0.5) is 0 Å². The molecule has 46 heavy (non-hydrogen) atoms. The summed E-state index contributed by atoms with van der Waals surface area (Å²) in [6.07, 6.45) is 0. The number of allylic oxidation sites excluding steroid dienone is 4. The lowest BCUT2D eigenvalue weighted by Gasteiger charge is -2.38. The molecule has 2 aromatic heterocycles. The van der Waals surface area contributed by atoms with Crippen molar-refractivity contribution in [2.75, 3.05) is 0 Å². The molecule has 214 valence electrons. The average Bonchev–Trinajstić information content (AvgIpc) is 3.70. The molecule has 0 spiro atoms. The maximum Gasteiger partial charge on any atom is 0.248 e. The summed E-state index contributed by atoms with van der Waals surface area (Å²) in [5.74, 6) is 0. The van der Waals surface area contributed by atoms with Crippen molar-refractivity contribution < 1.29 is 0 Å². The van der Waals surface area contributed by atoms with Crippen LogP contribution in [0.3, 0.4) is 0 Å². The van der Waals surface area contributed by atoms with Gasteiger partial charge in [-0.15, -0.1) is 0 Å². The molecule has 0 bridgehead atoms. The molecule has 3 heteroatoms. The molecule has 0 N–H and O–H groups in total. The number of rotatable bonds is 2. The minimum absolute atomic E-state index is 0.126. The van der Waals surface area contributed by atoms with Crippen LogP contribution in [0.5, 0.6) is 0 Å². The molecule has 0 radical (unpaired) electrons. The van der Waals surface area contributed by atoms with E-state index in [9.17, 15) is 0 Å². The molecule has 0 amide bonds. The van der Waals surface area contributed by atoms with Crippen LogP contribution >= 0.6 is 0 Å². The average molecular weight is 585 g/mol. The highest BCUT2D eigenvalue weighted by Crippen LogP contribution is 2.60. The predicted molar refractivity (Wildman–Crippen MR) is 195 cm³/mol. The molecular formula is C43H29BN2. The fourth-order valence-electron chi connectivity index (χ4n) is 9.48. The minimum atomic E-state index is -0.245. The molecule has 0 unspecified atom stereocenters. The number of fused-ring (bicyclic) bond motifs is 11. The molecule has 2 aliphatic heterocycles. The Bertz CT molecular complexity index is 2700. The second kappa shape index (κ2) is 8.38. The summed E-state index contributed by atoms with van der Waals surface area (Å²) in [4.78, 5) is 0. The van der Waals surface area contributed by atoms with E-state index >= 15 is 0 Å². The quantitative estimate of drug-likeness (QED) is 0.179. The van der Waals surface area contributed by atoms with Crippen molar-refractivity contribution in [3.8, 4) is 5.69 Å². The van der Waals surface area contributed by atoms with Gasteiger partial charge in [-0.05, 0) is 51.9 Å². The number of hydrogen-bond acceptors (Lipinski definition) is 0. The third-order valence-electron chi connectivity index (χ3n) is 11.1. The summed E-state index contributed by atoms with van der Waals surface area (Å²) in [6.45, 7) is 5.07. The van der Waals surface area contributed by atoms with Gasteiger partial charge in [-0.25, -0.2) is 0 Å². The van der Waals surface area contributed by atoms with E-state index in [1.165, 1.54) is 93.7 Å². The van der Waals surface area contributed by atoms with Gasteiger partial charge in [0.15, 0.2) is 0 Å². The highest BCUT2D eigenvalue weighted by Gasteiger charge is 2.52. The van der Waals surface area contributed by atoms with Crippen molar-refractivity contribution in [2.45, 2.75) is 13.8 Å². The van der Waals surface area contributed by atoms with Crippen LogP contribution < -0.4 is 10.9 Å². The number of aromatic nitrogens is 2. The molecule has 2 nitrogen and oxygen atoms in total. The molecule has 0 fully saturated rings. The van der Waals surface area contributed by atoms with Crippen molar-refractivity contribution in [1.82, 2.24) is 9.13 Å². The molecule has 0 saturated heterocycles. The Morgan fingerprint density at radius 3 is 1.76 bits per heavy atom. The summed E-state index contributed by atoms with van der Waals surface area (Å²) in [5.41, 5.74) is 17.3.